The van der Waals surface area contributed by atoms with Crippen LogP contribution >= 0.6 is 43.5 Å². The van der Waals surface area contributed by atoms with Crippen LogP contribution in [-0.2, 0) is 4.79 Å². The Morgan fingerprint density at radius 2 is 1.88 bits per heavy atom. The van der Waals surface area contributed by atoms with Gasteiger partial charge in [0, 0.05) is 15.1 Å². The van der Waals surface area contributed by atoms with Crippen molar-refractivity contribution in [2.24, 2.45) is 5.10 Å². The fraction of sp³-hybridized carbons (Fsp3) is 0.0870. The lowest BCUT2D eigenvalue weighted by atomic mass is 10.1. The first-order valence-electron chi connectivity index (χ1n) is 9.30. The summed E-state index contributed by atoms with van der Waals surface area (Å²) in [6.07, 6.45) is 1.38. The number of carbonyl (C=O) groups excluding carboxylic acids is 2. The summed E-state index contributed by atoms with van der Waals surface area (Å²) >= 11 is 12.7. The van der Waals surface area contributed by atoms with E-state index in [1.165, 1.54) is 6.21 Å². The first-order chi connectivity index (χ1) is 15.3. The van der Waals surface area contributed by atoms with Crippen LogP contribution < -0.4 is 14.9 Å². The molecule has 0 radical (unpaired) electrons. The Labute approximate surface area is 206 Å². The van der Waals surface area contributed by atoms with E-state index < -0.39 is 11.9 Å². The maximum atomic E-state index is 12.6. The number of nitrogens with zero attached hydrogens (tertiary/aromatic N) is 1. The molecule has 3 rings (SSSR count). The second-order valence-electron chi connectivity index (χ2n) is 6.60. The highest BCUT2D eigenvalue weighted by Crippen LogP contribution is 2.32. The molecule has 32 heavy (non-hydrogen) atoms. The van der Waals surface area contributed by atoms with Gasteiger partial charge in [0.1, 0.15) is 5.75 Å². The van der Waals surface area contributed by atoms with Crippen LogP contribution in [0, 0.1) is 6.92 Å². The molecule has 0 aliphatic heterocycles. The van der Waals surface area contributed by atoms with Gasteiger partial charge < -0.3 is 9.47 Å². The molecule has 0 aliphatic carbocycles. The molecule has 0 saturated heterocycles. The standard InChI is InChI=1S/C23H17Br2ClN2O4/c1-14-4-2-5-15(8-14)23(30)32-22-16(9-17(24)10-20(22)25)12-27-28-21(29)13-31-19-7-3-6-18(26)11-19/h2-12H,13H2,1H3,(H,28,29)/b27-12-. The quantitative estimate of drug-likeness (QED) is 0.163. The molecule has 3 aromatic carbocycles. The van der Waals surface area contributed by atoms with Crippen molar-refractivity contribution in [1.82, 2.24) is 5.43 Å². The fourth-order valence-electron chi connectivity index (χ4n) is 2.62. The molecule has 0 spiro atoms. The van der Waals surface area contributed by atoms with Gasteiger partial charge in [-0.3, -0.25) is 4.79 Å². The number of hydrogen-bond acceptors (Lipinski definition) is 5. The van der Waals surface area contributed by atoms with Gasteiger partial charge in [-0.2, -0.15) is 5.10 Å². The summed E-state index contributed by atoms with van der Waals surface area (Å²) in [6, 6.07) is 17.3. The number of carbonyl (C=O) groups is 2. The van der Waals surface area contributed by atoms with E-state index in [0.29, 0.717) is 26.4 Å². The molecule has 6 nitrogen and oxygen atoms in total. The van der Waals surface area contributed by atoms with Gasteiger partial charge in [0.2, 0.25) is 0 Å². The zero-order valence-electron chi connectivity index (χ0n) is 16.8. The van der Waals surface area contributed by atoms with Crippen LogP contribution in [0.1, 0.15) is 21.5 Å². The molecule has 3 aromatic rings. The predicted molar refractivity (Wildman–Crippen MR) is 131 cm³/mol. The number of benzene rings is 3. The number of esters is 1. The first kappa shape index (κ1) is 24.0. The van der Waals surface area contributed by atoms with Crippen molar-refractivity contribution < 1.29 is 19.1 Å². The first-order valence-corrected chi connectivity index (χ1v) is 11.3. The smallest absolute Gasteiger partial charge is 0.343 e. The summed E-state index contributed by atoms with van der Waals surface area (Å²) < 4.78 is 12.2. The Balaban J connectivity index is 1.68. The third-order valence-corrected chi connectivity index (χ3v) is 5.33. The lowest BCUT2D eigenvalue weighted by Gasteiger charge is -2.11. The number of rotatable bonds is 7. The molecule has 1 N–H and O–H groups in total. The van der Waals surface area contributed by atoms with Crippen LogP contribution in [0.25, 0.3) is 0 Å². The second kappa shape index (κ2) is 11.3. The minimum atomic E-state index is -0.509. The van der Waals surface area contributed by atoms with Crippen LogP contribution in [0.2, 0.25) is 5.02 Å². The fourth-order valence-corrected chi connectivity index (χ4v) is 4.14. The molecule has 0 heterocycles. The van der Waals surface area contributed by atoms with Crippen LogP contribution in [-0.4, -0.2) is 24.7 Å². The average Bonchev–Trinajstić information content (AvgIpc) is 2.74. The number of nitrogens with one attached hydrogen (secondary N) is 1. The number of aryl methyl sites for hydroxylation is 1. The van der Waals surface area contributed by atoms with E-state index in [-0.39, 0.29) is 12.4 Å². The number of ether oxygens (including phenoxy) is 2. The van der Waals surface area contributed by atoms with Crippen molar-refractivity contribution in [2.45, 2.75) is 6.92 Å². The van der Waals surface area contributed by atoms with E-state index >= 15 is 0 Å². The summed E-state index contributed by atoms with van der Waals surface area (Å²) in [4.78, 5) is 24.6. The minimum absolute atomic E-state index is 0.241. The van der Waals surface area contributed by atoms with Crippen molar-refractivity contribution in [1.29, 1.82) is 0 Å². The average molecular weight is 581 g/mol. The lowest BCUT2D eigenvalue weighted by Crippen LogP contribution is -2.24. The molecule has 164 valence electrons. The van der Waals surface area contributed by atoms with Gasteiger partial charge in [0.15, 0.2) is 12.4 Å². The highest BCUT2D eigenvalue weighted by molar-refractivity contribution is 9.11. The molecule has 0 aromatic heterocycles. The molecule has 9 heteroatoms. The topological polar surface area (TPSA) is 77.0 Å². The van der Waals surface area contributed by atoms with Crippen LogP contribution in [0.5, 0.6) is 11.5 Å². The minimum Gasteiger partial charge on any atom is -0.484 e. The van der Waals surface area contributed by atoms with E-state index in [9.17, 15) is 9.59 Å². The maximum Gasteiger partial charge on any atom is 0.343 e. The molecule has 1 amide bonds. The molecule has 0 bridgehead atoms. The maximum absolute atomic E-state index is 12.6. The zero-order valence-corrected chi connectivity index (χ0v) is 20.7. The van der Waals surface area contributed by atoms with E-state index in [0.717, 1.165) is 10.0 Å². The highest BCUT2D eigenvalue weighted by atomic mass is 79.9. The normalized spacial score (nSPS) is 10.8. The Hall–Kier alpha value is -2.68. The van der Waals surface area contributed by atoms with Crippen molar-refractivity contribution in [3.8, 4) is 11.5 Å². The predicted octanol–water partition coefficient (Wildman–Crippen LogP) is 5.92. The number of amides is 1. The van der Waals surface area contributed by atoms with Gasteiger partial charge >= 0.3 is 5.97 Å². The molecule has 0 saturated carbocycles. The van der Waals surface area contributed by atoms with E-state index in [1.807, 2.05) is 13.0 Å². The zero-order chi connectivity index (χ0) is 23.1. The molecular weight excluding hydrogens is 564 g/mol. The molecule has 0 aliphatic rings. The Morgan fingerprint density at radius 1 is 1.09 bits per heavy atom. The largest absolute Gasteiger partial charge is 0.484 e. The third-order valence-electron chi connectivity index (χ3n) is 4.04. The summed E-state index contributed by atoms with van der Waals surface area (Å²) in [5.41, 5.74) is 4.22. The number of hydrazone groups is 1. The summed E-state index contributed by atoms with van der Waals surface area (Å²) in [5.74, 6) is -0.232. The Kier molecular flexibility index (Phi) is 8.44. The number of halogens is 3. The molecular formula is C23H17Br2ClN2O4. The second-order valence-corrected chi connectivity index (χ2v) is 8.81. The van der Waals surface area contributed by atoms with E-state index in [2.05, 4.69) is 42.4 Å². The van der Waals surface area contributed by atoms with Crippen LogP contribution in [0.15, 0.2) is 74.7 Å². The summed E-state index contributed by atoms with van der Waals surface area (Å²) in [6.45, 7) is 1.65. The van der Waals surface area contributed by atoms with Gasteiger partial charge in [-0.05, 0) is 65.3 Å². The third kappa shape index (κ3) is 6.91. The Morgan fingerprint density at radius 3 is 2.62 bits per heavy atom. The monoisotopic (exact) mass is 578 g/mol. The van der Waals surface area contributed by atoms with Crippen molar-refractivity contribution in [3.05, 3.63) is 91.3 Å². The SMILES string of the molecule is Cc1cccc(C(=O)Oc2c(Br)cc(Br)cc2/C=N\NC(=O)COc2cccc(Cl)c2)c1. The van der Waals surface area contributed by atoms with E-state index in [4.69, 9.17) is 21.1 Å². The highest BCUT2D eigenvalue weighted by Gasteiger charge is 2.15. The molecule has 0 unspecified atom stereocenters. The van der Waals surface area contributed by atoms with Crippen LogP contribution in [0.3, 0.4) is 0 Å². The van der Waals surface area contributed by atoms with Gasteiger partial charge in [0.05, 0.1) is 16.3 Å². The van der Waals surface area contributed by atoms with Gasteiger partial charge in [0.25, 0.3) is 5.91 Å². The molecule has 0 fully saturated rings. The van der Waals surface area contributed by atoms with Gasteiger partial charge in [-0.15, -0.1) is 0 Å². The number of hydrogen-bond donors (Lipinski definition) is 1. The summed E-state index contributed by atoms with van der Waals surface area (Å²) in [5, 5.41) is 4.45. The van der Waals surface area contributed by atoms with Crippen molar-refractivity contribution in [2.75, 3.05) is 6.61 Å². The van der Waals surface area contributed by atoms with E-state index in [1.54, 1.807) is 54.6 Å². The summed E-state index contributed by atoms with van der Waals surface area (Å²) in [7, 11) is 0. The lowest BCUT2D eigenvalue weighted by molar-refractivity contribution is -0.123. The van der Waals surface area contributed by atoms with Gasteiger partial charge in [-0.1, -0.05) is 51.3 Å². The van der Waals surface area contributed by atoms with Crippen molar-refractivity contribution >= 4 is 61.6 Å². The van der Waals surface area contributed by atoms with Crippen molar-refractivity contribution in [3.63, 3.8) is 0 Å². The molecule has 0 atom stereocenters. The van der Waals surface area contributed by atoms with Gasteiger partial charge in [-0.25, -0.2) is 10.2 Å². The van der Waals surface area contributed by atoms with Crippen LogP contribution in [0.4, 0.5) is 0 Å². The Bertz CT molecular complexity index is 1180.